The number of rotatable bonds is 6. The lowest BCUT2D eigenvalue weighted by Gasteiger charge is -2.17. The average Bonchev–Trinajstić information content (AvgIpc) is 3.20. The van der Waals surface area contributed by atoms with E-state index in [1.807, 2.05) is 42.5 Å². The summed E-state index contributed by atoms with van der Waals surface area (Å²) in [5, 5.41) is 11.7. The normalized spacial score (nSPS) is 11.3. The molecule has 0 bridgehead atoms. The number of carbonyl (C=O) groups excluding carboxylic acids is 1. The highest BCUT2D eigenvalue weighted by molar-refractivity contribution is 5.78. The zero-order chi connectivity index (χ0) is 17.5. The van der Waals surface area contributed by atoms with Crippen LogP contribution in [0.2, 0.25) is 0 Å². The van der Waals surface area contributed by atoms with Crippen molar-refractivity contribution < 1.29 is 13.9 Å². The van der Waals surface area contributed by atoms with Gasteiger partial charge in [-0.3, -0.25) is 4.79 Å². The van der Waals surface area contributed by atoms with E-state index >= 15 is 0 Å². The van der Waals surface area contributed by atoms with Crippen molar-refractivity contribution in [2.24, 2.45) is 0 Å². The van der Waals surface area contributed by atoms with Crippen molar-refractivity contribution >= 4 is 5.91 Å². The molecule has 1 heterocycles. The van der Waals surface area contributed by atoms with Crippen molar-refractivity contribution in [1.82, 2.24) is 5.32 Å². The molecule has 0 aliphatic rings. The lowest BCUT2D eigenvalue weighted by Crippen LogP contribution is -2.33. The quantitative estimate of drug-likeness (QED) is 0.750. The van der Waals surface area contributed by atoms with Crippen LogP contribution in [-0.2, 0) is 4.79 Å². The third-order valence-corrected chi connectivity index (χ3v) is 3.62. The second-order valence-electron chi connectivity index (χ2n) is 5.35. The number of amides is 1. The fraction of sp³-hybridized carbons (Fsp3) is 0.100. The predicted octanol–water partition coefficient (Wildman–Crippen LogP) is 3.44. The molecule has 0 aliphatic carbocycles. The van der Waals surface area contributed by atoms with E-state index in [0.717, 1.165) is 5.56 Å². The van der Waals surface area contributed by atoms with Gasteiger partial charge in [0.15, 0.2) is 6.61 Å². The van der Waals surface area contributed by atoms with Crippen LogP contribution < -0.4 is 10.1 Å². The van der Waals surface area contributed by atoms with Crippen molar-refractivity contribution in [3.8, 4) is 11.8 Å². The molecule has 1 amide bonds. The molecule has 0 aliphatic heterocycles. The van der Waals surface area contributed by atoms with Crippen molar-refractivity contribution in [3.05, 3.63) is 89.9 Å². The first-order valence-electron chi connectivity index (χ1n) is 7.77. The summed E-state index contributed by atoms with van der Waals surface area (Å²) in [6.07, 6.45) is 1.57. The van der Waals surface area contributed by atoms with Crippen LogP contribution in [0.5, 0.6) is 5.75 Å². The molecular formula is C20H16N2O3. The molecule has 0 spiro atoms. The smallest absolute Gasteiger partial charge is 0.258 e. The van der Waals surface area contributed by atoms with Crippen LogP contribution in [0.4, 0.5) is 0 Å². The summed E-state index contributed by atoms with van der Waals surface area (Å²) >= 11 is 0. The first-order valence-corrected chi connectivity index (χ1v) is 7.77. The molecule has 0 radical (unpaired) electrons. The number of nitrogens with one attached hydrogen (secondary N) is 1. The van der Waals surface area contributed by atoms with Crippen LogP contribution in [0.3, 0.4) is 0 Å². The van der Waals surface area contributed by atoms with Gasteiger partial charge in [0.05, 0.1) is 17.9 Å². The van der Waals surface area contributed by atoms with Crippen molar-refractivity contribution in [2.45, 2.75) is 6.04 Å². The van der Waals surface area contributed by atoms with Crippen molar-refractivity contribution in [2.75, 3.05) is 6.61 Å². The van der Waals surface area contributed by atoms with E-state index in [1.165, 1.54) is 0 Å². The minimum Gasteiger partial charge on any atom is -0.484 e. The van der Waals surface area contributed by atoms with E-state index in [0.29, 0.717) is 17.1 Å². The highest BCUT2D eigenvalue weighted by Crippen LogP contribution is 2.22. The Morgan fingerprint density at radius 1 is 1.08 bits per heavy atom. The standard InChI is InChI=1S/C20H16N2O3/c21-13-15-8-10-17(11-9-15)25-14-19(23)22-20(18-7-4-12-24-18)16-5-2-1-3-6-16/h1-12,20H,14H2,(H,22,23)/t20-/m0/s1. The van der Waals surface area contributed by atoms with Gasteiger partial charge >= 0.3 is 0 Å². The molecule has 5 nitrogen and oxygen atoms in total. The number of hydrogen-bond donors (Lipinski definition) is 1. The molecule has 1 N–H and O–H groups in total. The first kappa shape index (κ1) is 16.3. The van der Waals surface area contributed by atoms with Crippen molar-refractivity contribution in [3.63, 3.8) is 0 Å². The van der Waals surface area contributed by atoms with Gasteiger partial charge in [0.25, 0.3) is 5.91 Å². The average molecular weight is 332 g/mol. The van der Waals surface area contributed by atoms with E-state index in [4.69, 9.17) is 14.4 Å². The first-order chi connectivity index (χ1) is 12.3. The van der Waals surface area contributed by atoms with Crippen LogP contribution in [-0.4, -0.2) is 12.5 Å². The topological polar surface area (TPSA) is 75.3 Å². The monoisotopic (exact) mass is 332 g/mol. The number of carbonyl (C=O) groups is 1. The molecule has 2 aromatic carbocycles. The zero-order valence-electron chi connectivity index (χ0n) is 13.4. The Labute approximate surface area is 145 Å². The summed E-state index contributed by atoms with van der Waals surface area (Å²) in [4.78, 5) is 12.3. The number of furan rings is 1. The summed E-state index contributed by atoms with van der Waals surface area (Å²) in [5.74, 6) is 0.913. The second-order valence-corrected chi connectivity index (χ2v) is 5.35. The van der Waals surface area contributed by atoms with E-state index < -0.39 is 0 Å². The van der Waals surface area contributed by atoms with E-state index in [9.17, 15) is 4.79 Å². The van der Waals surface area contributed by atoms with Gasteiger partial charge in [-0.15, -0.1) is 0 Å². The maximum Gasteiger partial charge on any atom is 0.258 e. The van der Waals surface area contributed by atoms with Crippen molar-refractivity contribution in [1.29, 1.82) is 5.26 Å². The van der Waals surface area contributed by atoms with Crippen LogP contribution in [0, 0.1) is 11.3 Å². The largest absolute Gasteiger partial charge is 0.484 e. The summed E-state index contributed by atoms with van der Waals surface area (Å²) < 4.78 is 10.9. The van der Waals surface area contributed by atoms with Crippen LogP contribution in [0.1, 0.15) is 22.9 Å². The Balaban J connectivity index is 1.65. The second kappa shape index (κ2) is 7.84. The summed E-state index contributed by atoms with van der Waals surface area (Å²) in [7, 11) is 0. The minimum atomic E-state index is -0.381. The molecule has 3 rings (SSSR count). The Morgan fingerprint density at radius 2 is 1.84 bits per heavy atom. The van der Waals surface area contributed by atoms with Gasteiger partial charge in [-0.2, -0.15) is 5.26 Å². The van der Waals surface area contributed by atoms with E-state index in [-0.39, 0.29) is 18.6 Å². The summed E-state index contributed by atoms with van der Waals surface area (Å²) in [6.45, 7) is -0.129. The van der Waals surface area contributed by atoms with E-state index in [1.54, 1.807) is 36.6 Å². The molecule has 25 heavy (non-hydrogen) atoms. The number of ether oxygens (including phenoxy) is 1. The number of nitriles is 1. The molecule has 3 aromatic rings. The lowest BCUT2D eigenvalue weighted by molar-refractivity contribution is -0.123. The van der Waals surface area contributed by atoms with Gasteiger partial charge in [0.1, 0.15) is 17.6 Å². The molecule has 0 saturated carbocycles. The fourth-order valence-electron chi connectivity index (χ4n) is 2.40. The minimum absolute atomic E-state index is 0.129. The lowest BCUT2D eigenvalue weighted by atomic mass is 10.0. The third-order valence-electron chi connectivity index (χ3n) is 3.62. The number of nitrogens with zero attached hydrogens (tertiary/aromatic N) is 1. The summed E-state index contributed by atoms with van der Waals surface area (Å²) in [5.41, 5.74) is 1.46. The third kappa shape index (κ3) is 4.27. The van der Waals surface area contributed by atoms with Gasteiger partial charge in [0, 0.05) is 0 Å². The Bertz CT molecular complexity index is 850. The predicted molar refractivity (Wildman–Crippen MR) is 91.8 cm³/mol. The van der Waals surface area contributed by atoms with Gasteiger partial charge in [0.2, 0.25) is 0 Å². The summed E-state index contributed by atoms with van der Waals surface area (Å²) in [6, 6.07) is 21.4. The zero-order valence-corrected chi connectivity index (χ0v) is 13.4. The van der Waals surface area contributed by atoms with Gasteiger partial charge < -0.3 is 14.5 Å². The molecule has 0 unspecified atom stereocenters. The van der Waals surface area contributed by atoms with Crippen LogP contribution >= 0.6 is 0 Å². The molecule has 124 valence electrons. The number of hydrogen-bond acceptors (Lipinski definition) is 4. The molecule has 0 fully saturated rings. The molecule has 1 atom stereocenters. The molecular weight excluding hydrogens is 316 g/mol. The number of benzene rings is 2. The molecule has 5 heteroatoms. The van der Waals surface area contributed by atoms with Gasteiger partial charge in [-0.1, -0.05) is 30.3 Å². The fourth-order valence-corrected chi connectivity index (χ4v) is 2.40. The maximum atomic E-state index is 12.3. The van der Waals surface area contributed by atoms with E-state index in [2.05, 4.69) is 5.32 Å². The highest BCUT2D eigenvalue weighted by Gasteiger charge is 2.19. The SMILES string of the molecule is N#Cc1ccc(OCC(=O)N[C@@H](c2ccccc2)c2ccco2)cc1. The molecule has 1 aromatic heterocycles. The molecule has 0 saturated heterocycles. The Hall–Kier alpha value is -3.52. The maximum absolute atomic E-state index is 12.3. The van der Waals surface area contributed by atoms with Gasteiger partial charge in [-0.25, -0.2) is 0 Å². The van der Waals surface area contributed by atoms with Crippen LogP contribution in [0.15, 0.2) is 77.4 Å². The Kier molecular flexibility index (Phi) is 5.13. The highest BCUT2D eigenvalue weighted by atomic mass is 16.5. The Morgan fingerprint density at radius 3 is 2.48 bits per heavy atom. The van der Waals surface area contributed by atoms with Gasteiger partial charge in [-0.05, 0) is 42.0 Å². The van der Waals surface area contributed by atoms with Crippen LogP contribution in [0.25, 0.3) is 0 Å².